The zero-order valence-corrected chi connectivity index (χ0v) is 9.98. The minimum atomic E-state index is 0.450. The molecule has 0 aliphatic rings. The summed E-state index contributed by atoms with van der Waals surface area (Å²) in [7, 11) is 0. The summed E-state index contributed by atoms with van der Waals surface area (Å²) >= 11 is 0. The van der Waals surface area contributed by atoms with E-state index in [9.17, 15) is 0 Å². The predicted octanol–water partition coefficient (Wildman–Crippen LogP) is 2.26. The lowest BCUT2D eigenvalue weighted by Crippen LogP contribution is -2.16. The number of nitrogens with zero attached hydrogens (tertiary/aromatic N) is 2. The molecule has 0 saturated heterocycles. The van der Waals surface area contributed by atoms with Crippen LogP contribution in [-0.4, -0.2) is 23.3 Å². The highest BCUT2D eigenvalue weighted by atomic mass is 16.4. The minimum Gasteiger partial charge on any atom is -0.459 e. The molecule has 0 aromatic carbocycles. The number of rotatable bonds is 7. The summed E-state index contributed by atoms with van der Waals surface area (Å²) in [6.45, 7) is 4.19. The van der Waals surface area contributed by atoms with E-state index in [1.807, 2.05) is 0 Å². The molecule has 5 heteroatoms. The fraction of sp³-hybridized carbons (Fsp3) is 0.500. The first-order valence-electron chi connectivity index (χ1n) is 5.97. The number of aryl methyl sites for hydroxylation is 1. The molecule has 0 spiro atoms. The monoisotopic (exact) mass is 235 g/mol. The summed E-state index contributed by atoms with van der Waals surface area (Å²) < 4.78 is 10.7. The number of nitrogens with one attached hydrogen (secondary N) is 1. The van der Waals surface area contributed by atoms with E-state index in [1.165, 1.54) is 0 Å². The van der Waals surface area contributed by atoms with Crippen molar-refractivity contribution in [3.63, 3.8) is 0 Å². The quantitative estimate of drug-likeness (QED) is 0.746. The van der Waals surface area contributed by atoms with Crippen molar-refractivity contribution in [2.45, 2.75) is 26.2 Å². The first-order chi connectivity index (χ1) is 8.40. The summed E-state index contributed by atoms with van der Waals surface area (Å²) in [5, 5.41) is 11.3. The van der Waals surface area contributed by atoms with Crippen molar-refractivity contribution in [2.24, 2.45) is 0 Å². The van der Waals surface area contributed by atoms with E-state index in [2.05, 4.69) is 22.4 Å². The fourth-order valence-corrected chi connectivity index (χ4v) is 1.52. The third-order valence-corrected chi connectivity index (χ3v) is 2.37. The van der Waals surface area contributed by atoms with Crippen LogP contribution in [0, 0.1) is 0 Å². The average molecular weight is 235 g/mol. The molecule has 0 amide bonds. The Morgan fingerprint density at radius 2 is 2.24 bits per heavy atom. The number of furan rings is 1. The second kappa shape index (κ2) is 6.20. The van der Waals surface area contributed by atoms with Crippen LogP contribution in [0.5, 0.6) is 0 Å². The van der Waals surface area contributed by atoms with Crippen molar-refractivity contribution in [3.05, 3.63) is 24.3 Å². The number of hydrogen-bond donors (Lipinski definition) is 1. The molecule has 1 N–H and O–H groups in total. The maximum absolute atomic E-state index is 5.49. The molecular weight excluding hydrogens is 218 g/mol. The van der Waals surface area contributed by atoms with Gasteiger partial charge in [-0.25, -0.2) is 0 Å². The molecule has 0 fully saturated rings. The molecule has 17 heavy (non-hydrogen) atoms. The van der Waals surface area contributed by atoms with Gasteiger partial charge in [-0.1, -0.05) is 6.92 Å². The van der Waals surface area contributed by atoms with Gasteiger partial charge in [0.15, 0.2) is 5.76 Å². The lowest BCUT2D eigenvalue weighted by atomic mass is 10.3. The van der Waals surface area contributed by atoms with E-state index >= 15 is 0 Å². The van der Waals surface area contributed by atoms with Crippen LogP contribution in [0.15, 0.2) is 27.2 Å². The van der Waals surface area contributed by atoms with Gasteiger partial charge in [0.2, 0.25) is 5.89 Å². The van der Waals surface area contributed by atoms with Crippen LogP contribution < -0.4 is 5.32 Å². The first-order valence-corrected chi connectivity index (χ1v) is 5.97. The van der Waals surface area contributed by atoms with Crippen LogP contribution in [0.3, 0.4) is 0 Å². The summed E-state index contributed by atoms with van der Waals surface area (Å²) in [5.74, 6) is 1.73. The zero-order chi connectivity index (χ0) is 11.9. The molecule has 0 saturated carbocycles. The third kappa shape index (κ3) is 3.42. The van der Waals surface area contributed by atoms with Crippen molar-refractivity contribution in [2.75, 3.05) is 13.1 Å². The van der Waals surface area contributed by atoms with Gasteiger partial charge in [0, 0.05) is 6.42 Å². The van der Waals surface area contributed by atoms with Gasteiger partial charge in [0.1, 0.15) is 0 Å². The van der Waals surface area contributed by atoms with E-state index in [0.717, 1.165) is 32.4 Å². The molecule has 2 aromatic rings. The maximum atomic E-state index is 5.49. The molecule has 0 radical (unpaired) electrons. The summed E-state index contributed by atoms with van der Waals surface area (Å²) in [4.78, 5) is 0. The fourth-order valence-electron chi connectivity index (χ4n) is 1.52. The van der Waals surface area contributed by atoms with Crippen molar-refractivity contribution < 1.29 is 8.83 Å². The molecule has 0 atom stereocenters. The van der Waals surface area contributed by atoms with Gasteiger partial charge in [0.25, 0.3) is 5.89 Å². The largest absolute Gasteiger partial charge is 0.459 e. The van der Waals surface area contributed by atoms with E-state index < -0.39 is 0 Å². The summed E-state index contributed by atoms with van der Waals surface area (Å²) in [6.07, 6.45) is 4.54. The Bertz CT molecular complexity index is 423. The molecule has 0 aliphatic heterocycles. The van der Waals surface area contributed by atoms with E-state index in [1.54, 1.807) is 18.4 Å². The Labute approximate surface area is 100 Å². The molecule has 0 aliphatic carbocycles. The van der Waals surface area contributed by atoms with Crippen molar-refractivity contribution >= 4 is 0 Å². The van der Waals surface area contributed by atoms with Gasteiger partial charge in [0.05, 0.1) is 6.26 Å². The van der Waals surface area contributed by atoms with Crippen LogP contribution >= 0.6 is 0 Å². The first kappa shape index (κ1) is 11.9. The molecule has 0 unspecified atom stereocenters. The van der Waals surface area contributed by atoms with Crippen molar-refractivity contribution in [3.8, 4) is 11.7 Å². The van der Waals surface area contributed by atoms with Gasteiger partial charge < -0.3 is 14.2 Å². The minimum absolute atomic E-state index is 0.450. The third-order valence-electron chi connectivity index (χ3n) is 2.37. The molecule has 0 bridgehead atoms. The smallest absolute Gasteiger partial charge is 0.283 e. The molecule has 92 valence electrons. The molecule has 2 rings (SSSR count). The lowest BCUT2D eigenvalue weighted by molar-refractivity contribution is 0.471. The Kier molecular flexibility index (Phi) is 4.32. The summed E-state index contributed by atoms with van der Waals surface area (Å²) in [6, 6.07) is 3.61. The molecule has 2 aromatic heterocycles. The number of aromatic nitrogens is 2. The highest BCUT2D eigenvalue weighted by molar-refractivity contribution is 5.42. The highest BCUT2D eigenvalue weighted by Crippen LogP contribution is 2.18. The number of hydrogen-bond acceptors (Lipinski definition) is 5. The predicted molar refractivity (Wildman–Crippen MR) is 63.5 cm³/mol. The Morgan fingerprint density at radius 3 is 3.00 bits per heavy atom. The molecule has 5 nitrogen and oxygen atoms in total. The van der Waals surface area contributed by atoms with Gasteiger partial charge >= 0.3 is 0 Å². The van der Waals surface area contributed by atoms with Gasteiger partial charge in [-0.05, 0) is 38.1 Å². The van der Waals surface area contributed by atoms with Crippen molar-refractivity contribution in [1.82, 2.24) is 15.5 Å². The van der Waals surface area contributed by atoms with Crippen LogP contribution in [0.25, 0.3) is 11.7 Å². The second-order valence-electron chi connectivity index (χ2n) is 3.83. The Hall–Kier alpha value is -1.62. The second-order valence-corrected chi connectivity index (χ2v) is 3.83. The van der Waals surface area contributed by atoms with Crippen LogP contribution in [-0.2, 0) is 6.42 Å². The van der Waals surface area contributed by atoms with E-state index in [0.29, 0.717) is 17.5 Å². The molecular formula is C12H17N3O2. The van der Waals surface area contributed by atoms with Gasteiger partial charge in [-0.15, -0.1) is 10.2 Å². The zero-order valence-electron chi connectivity index (χ0n) is 9.98. The van der Waals surface area contributed by atoms with Crippen LogP contribution in [0.1, 0.15) is 25.7 Å². The van der Waals surface area contributed by atoms with E-state index in [-0.39, 0.29) is 0 Å². The highest BCUT2D eigenvalue weighted by Gasteiger charge is 2.09. The molecule has 2 heterocycles. The maximum Gasteiger partial charge on any atom is 0.283 e. The average Bonchev–Trinajstić information content (AvgIpc) is 2.99. The normalized spacial score (nSPS) is 10.9. The summed E-state index contributed by atoms with van der Waals surface area (Å²) in [5.41, 5.74) is 0. The van der Waals surface area contributed by atoms with E-state index in [4.69, 9.17) is 8.83 Å². The standard InChI is InChI=1S/C12H17N3O2/c1-2-7-13-8-3-6-11-14-15-12(17-11)10-5-4-9-16-10/h4-5,9,13H,2-3,6-8H2,1H3. The van der Waals surface area contributed by atoms with Crippen molar-refractivity contribution in [1.29, 1.82) is 0 Å². The van der Waals surface area contributed by atoms with Gasteiger partial charge in [-0.2, -0.15) is 0 Å². The lowest BCUT2D eigenvalue weighted by Gasteiger charge is -1.99. The topological polar surface area (TPSA) is 64.1 Å². The Morgan fingerprint density at radius 1 is 1.29 bits per heavy atom. The SMILES string of the molecule is CCCNCCCc1nnc(-c2ccco2)o1. The Balaban J connectivity index is 1.79. The van der Waals surface area contributed by atoms with Gasteiger partial charge in [-0.3, -0.25) is 0 Å². The van der Waals surface area contributed by atoms with Crippen LogP contribution in [0.2, 0.25) is 0 Å². The van der Waals surface area contributed by atoms with Crippen LogP contribution in [0.4, 0.5) is 0 Å².